The third-order valence-electron chi connectivity index (χ3n) is 2.70. The lowest BCUT2D eigenvalue weighted by atomic mass is 10.1. The molecule has 0 aliphatic heterocycles. The summed E-state index contributed by atoms with van der Waals surface area (Å²) in [6.07, 6.45) is 0. The molecule has 0 amide bonds. The molecule has 1 atom stereocenters. The van der Waals surface area contributed by atoms with E-state index >= 15 is 0 Å². The summed E-state index contributed by atoms with van der Waals surface area (Å²) in [6.45, 7) is 4.34. The molecular formula is C13H19NO2. The summed E-state index contributed by atoms with van der Waals surface area (Å²) in [5, 5.41) is 0. The Morgan fingerprint density at radius 1 is 1.38 bits per heavy atom. The molecule has 1 aromatic carbocycles. The van der Waals surface area contributed by atoms with E-state index in [1.807, 2.05) is 51.0 Å². The molecule has 0 saturated heterocycles. The summed E-state index contributed by atoms with van der Waals surface area (Å²) in [6, 6.07) is 7.69. The van der Waals surface area contributed by atoms with Gasteiger partial charge in [0.1, 0.15) is 6.61 Å². The number of rotatable bonds is 4. The first-order chi connectivity index (χ1) is 7.52. The summed E-state index contributed by atoms with van der Waals surface area (Å²) >= 11 is 0. The second-order valence-corrected chi connectivity index (χ2v) is 4.23. The van der Waals surface area contributed by atoms with Crippen LogP contribution in [0.2, 0.25) is 0 Å². The Labute approximate surface area is 97.0 Å². The number of benzene rings is 1. The summed E-state index contributed by atoms with van der Waals surface area (Å²) in [5.74, 6) is -0.244. The maximum Gasteiger partial charge on any atom is 0.338 e. The van der Waals surface area contributed by atoms with Crippen molar-refractivity contribution >= 4 is 5.97 Å². The summed E-state index contributed by atoms with van der Waals surface area (Å²) < 4.78 is 5.25. The van der Waals surface area contributed by atoms with E-state index in [0.29, 0.717) is 12.2 Å². The minimum atomic E-state index is -0.244. The number of nitrogens with zero attached hydrogens (tertiary/aromatic N) is 1. The zero-order valence-corrected chi connectivity index (χ0v) is 10.4. The van der Waals surface area contributed by atoms with Gasteiger partial charge in [0.25, 0.3) is 0 Å². The minimum absolute atomic E-state index is 0.230. The Hall–Kier alpha value is -1.35. The standard InChI is InChI=1S/C13H19NO2/c1-10-7-5-6-8-12(10)13(15)16-9-11(2)14(3)4/h5-8,11H,9H2,1-4H3. The van der Waals surface area contributed by atoms with Crippen LogP contribution in [0, 0.1) is 6.92 Å². The Bertz CT molecular complexity index is 361. The highest BCUT2D eigenvalue weighted by Crippen LogP contribution is 2.09. The summed E-state index contributed by atoms with van der Waals surface area (Å²) in [5.41, 5.74) is 1.60. The maximum atomic E-state index is 11.8. The molecule has 0 saturated carbocycles. The van der Waals surface area contributed by atoms with E-state index in [9.17, 15) is 4.79 Å². The van der Waals surface area contributed by atoms with E-state index in [-0.39, 0.29) is 12.0 Å². The van der Waals surface area contributed by atoms with Gasteiger partial charge in [-0.25, -0.2) is 4.79 Å². The fraction of sp³-hybridized carbons (Fsp3) is 0.462. The number of aryl methyl sites for hydroxylation is 1. The Kier molecular flexibility index (Phi) is 4.50. The smallest absolute Gasteiger partial charge is 0.338 e. The van der Waals surface area contributed by atoms with Crippen molar-refractivity contribution in [1.29, 1.82) is 0 Å². The largest absolute Gasteiger partial charge is 0.460 e. The van der Waals surface area contributed by atoms with Gasteiger partial charge in [-0.15, -0.1) is 0 Å². The van der Waals surface area contributed by atoms with Gasteiger partial charge in [0, 0.05) is 6.04 Å². The third kappa shape index (κ3) is 3.35. The Balaban J connectivity index is 2.57. The van der Waals surface area contributed by atoms with E-state index in [1.165, 1.54) is 0 Å². The van der Waals surface area contributed by atoms with E-state index < -0.39 is 0 Å². The highest BCUT2D eigenvalue weighted by Gasteiger charge is 2.12. The summed E-state index contributed by atoms with van der Waals surface area (Å²) in [7, 11) is 3.93. The SMILES string of the molecule is Cc1ccccc1C(=O)OCC(C)N(C)C. The van der Waals surface area contributed by atoms with Crippen LogP contribution in [0.25, 0.3) is 0 Å². The van der Waals surface area contributed by atoms with E-state index in [1.54, 1.807) is 6.07 Å². The molecular weight excluding hydrogens is 202 g/mol. The van der Waals surface area contributed by atoms with Crippen molar-refractivity contribution in [3.63, 3.8) is 0 Å². The fourth-order valence-electron chi connectivity index (χ4n) is 1.23. The van der Waals surface area contributed by atoms with Gasteiger partial charge in [0.2, 0.25) is 0 Å². The lowest BCUT2D eigenvalue weighted by Crippen LogP contribution is -2.30. The number of hydrogen-bond donors (Lipinski definition) is 0. The lowest BCUT2D eigenvalue weighted by molar-refractivity contribution is 0.0416. The maximum absolute atomic E-state index is 11.8. The van der Waals surface area contributed by atoms with Crippen molar-refractivity contribution < 1.29 is 9.53 Å². The fourth-order valence-corrected chi connectivity index (χ4v) is 1.23. The number of hydrogen-bond acceptors (Lipinski definition) is 3. The molecule has 0 radical (unpaired) electrons. The quantitative estimate of drug-likeness (QED) is 0.729. The number of carbonyl (C=O) groups excluding carboxylic acids is 1. The van der Waals surface area contributed by atoms with Crippen LogP contribution in [0.3, 0.4) is 0 Å². The molecule has 3 nitrogen and oxygen atoms in total. The molecule has 0 aliphatic rings. The van der Waals surface area contributed by atoms with E-state index in [4.69, 9.17) is 4.74 Å². The van der Waals surface area contributed by atoms with Crippen molar-refractivity contribution in [2.24, 2.45) is 0 Å². The van der Waals surface area contributed by atoms with Crippen LogP contribution in [-0.4, -0.2) is 37.6 Å². The Morgan fingerprint density at radius 2 is 2.00 bits per heavy atom. The van der Waals surface area contributed by atoms with Crippen molar-refractivity contribution in [3.8, 4) is 0 Å². The van der Waals surface area contributed by atoms with Gasteiger partial charge in [0.05, 0.1) is 5.56 Å². The predicted molar refractivity (Wildman–Crippen MR) is 64.6 cm³/mol. The third-order valence-corrected chi connectivity index (χ3v) is 2.70. The molecule has 0 spiro atoms. The lowest BCUT2D eigenvalue weighted by Gasteiger charge is -2.19. The van der Waals surface area contributed by atoms with Crippen LogP contribution in [0.15, 0.2) is 24.3 Å². The summed E-state index contributed by atoms with van der Waals surface area (Å²) in [4.78, 5) is 13.8. The molecule has 1 aromatic rings. The van der Waals surface area contributed by atoms with Gasteiger partial charge in [0.15, 0.2) is 0 Å². The second-order valence-electron chi connectivity index (χ2n) is 4.23. The second kappa shape index (κ2) is 5.66. The monoisotopic (exact) mass is 221 g/mol. The molecule has 16 heavy (non-hydrogen) atoms. The molecule has 88 valence electrons. The average molecular weight is 221 g/mol. The number of ether oxygens (including phenoxy) is 1. The Morgan fingerprint density at radius 3 is 2.56 bits per heavy atom. The average Bonchev–Trinajstić information content (AvgIpc) is 2.25. The van der Waals surface area contributed by atoms with Crippen LogP contribution in [0.5, 0.6) is 0 Å². The van der Waals surface area contributed by atoms with Crippen molar-refractivity contribution in [1.82, 2.24) is 4.90 Å². The molecule has 0 bridgehead atoms. The molecule has 0 aliphatic carbocycles. The molecule has 0 N–H and O–H groups in total. The van der Waals surface area contributed by atoms with Gasteiger partial charge in [-0.3, -0.25) is 0 Å². The highest BCUT2D eigenvalue weighted by molar-refractivity contribution is 5.90. The molecule has 1 rings (SSSR count). The van der Waals surface area contributed by atoms with Crippen LogP contribution in [-0.2, 0) is 4.74 Å². The number of esters is 1. The molecule has 0 aromatic heterocycles. The molecule has 0 heterocycles. The first kappa shape index (κ1) is 12.7. The van der Waals surface area contributed by atoms with Gasteiger partial charge in [-0.05, 0) is 39.6 Å². The van der Waals surface area contributed by atoms with Gasteiger partial charge < -0.3 is 9.64 Å². The van der Waals surface area contributed by atoms with E-state index in [0.717, 1.165) is 5.56 Å². The van der Waals surface area contributed by atoms with Crippen LogP contribution in [0.1, 0.15) is 22.8 Å². The normalized spacial score (nSPS) is 12.6. The van der Waals surface area contributed by atoms with Gasteiger partial charge >= 0.3 is 5.97 Å². The zero-order valence-electron chi connectivity index (χ0n) is 10.4. The van der Waals surface area contributed by atoms with Crippen LogP contribution >= 0.6 is 0 Å². The number of carbonyl (C=O) groups is 1. The molecule has 3 heteroatoms. The predicted octanol–water partition coefficient (Wildman–Crippen LogP) is 2.10. The highest BCUT2D eigenvalue weighted by atomic mass is 16.5. The molecule has 1 unspecified atom stereocenters. The van der Waals surface area contributed by atoms with Gasteiger partial charge in [-0.2, -0.15) is 0 Å². The van der Waals surface area contributed by atoms with Crippen molar-refractivity contribution in [2.75, 3.05) is 20.7 Å². The minimum Gasteiger partial charge on any atom is -0.460 e. The van der Waals surface area contributed by atoms with Crippen LogP contribution in [0.4, 0.5) is 0 Å². The zero-order chi connectivity index (χ0) is 12.1. The van der Waals surface area contributed by atoms with Crippen molar-refractivity contribution in [3.05, 3.63) is 35.4 Å². The van der Waals surface area contributed by atoms with E-state index in [2.05, 4.69) is 0 Å². The molecule has 0 fully saturated rings. The van der Waals surface area contributed by atoms with Crippen molar-refractivity contribution in [2.45, 2.75) is 19.9 Å². The first-order valence-electron chi connectivity index (χ1n) is 5.41. The topological polar surface area (TPSA) is 29.5 Å². The van der Waals surface area contributed by atoms with Crippen LogP contribution < -0.4 is 0 Å². The first-order valence-corrected chi connectivity index (χ1v) is 5.41. The number of likely N-dealkylation sites (N-methyl/N-ethyl adjacent to an activating group) is 1. The van der Waals surface area contributed by atoms with Gasteiger partial charge in [-0.1, -0.05) is 18.2 Å².